The molecule has 1 amide bonds. The van der Waals surface area contributed by atoms with Gasteiger partial charge in [-0.2, -0.15) is 0 Å². The van der Waals surface area contributed by atoms with Crippen molar-refractivity contribution in [2.45, 2.75) is 6.10 Å². The molecule has 0 unspecified atom stereocenters. The molecular formula is C18H19NO4. The van der Waals surface area contributed by atoms with Crippen LogP contribution in [0.15, 0.2) is 54.6 Å². The van der Waals surface area contributed by atoms with E-state index in [1.165, 1.54) is 0 Å². The van der Waals surface area contributed by atoms with Crippen LogP contribution in [0.25, 0.3) is 0 Å². The van der Waals surface area contributed by atoms with E-state index >= 15 is 0 Å². The first kappa shape index (κ1) is 15.5. The molecule has 0 N–H and O–H groups in total. The molecule has 0 aromatic heterocycles. The summed E-state index contributed by atoms with van der Waals surface area (Å²) in [5, 5.41) is 0. The van der Waals surface area contributed by atoms with Gasteiger partial charge in [-0.15, -0.1) is 0 Å². The van der Waals surface area contributed by atoms with Crippen LogP contribution in [0.4, 0.5) is 5.69 Å². The van der Waals surface area contributed by atoms with Crippen molar-refractivity contribution >= 4 is 11.6 Å². The average Bonchev–Trinajstić information content (AvgIpc) is 2.62. The van der Waals surface area contributed by atoms with Crippen molar-refractivity contribution in [1.82, 2.24) is 0 Å². The maximum atomic E-state index is 12.6. The summed E-state index contributed by atoms with van der Waals surface area (Å²) in [7, 11) is 1.72. The van der Waals surface area contributed by atoms with Gasteiger partial charge in [-0.05, 0) is 24.3 Å². The van der Waals surface area contributed by atoms with Gasteiger partial charge in [0.25, 0.3) is 5.91 Å². The van der Waals surface area contributed by atoms with Crippen molar-refractivity contribution in [3.05, 3.63) is 54.6 Å². The van der Waals surface area contributed by atoms with Crippen molar-refractivity contribution in [3.63, 3.8) is 0 Å². The molecule has 120 valence electrons. The standard InChI is InChI=1S/C18H19NO4/c1-19(18(20)17-13-21-11-12-22-17)15-9-5-6-10-16(15)23-14-7-3-2-4-8-14/h2-10,17H,11-13H2,1H3/t17-/m1/s1. The Kier molecular flexibility index (Phi) is 4.90. The second-order valence-corrected chi connectivity index (χ2v) is 5.21. The number of carbonyl (C=O) groups excluding carboxylic acids is 1. The van der Waals surface area contributed by atoms with Crippen LogP contribution in [0.1, 0.15) is 0 Å². The zero-order valence-electron chi connectivity index (χ0n) is 13.0. The monoisotopic (exact) mass is 313 g/mol. The lowest BCUT2D eigenvalue weighted by Gasteiger charge is -2.27. The van der Waals surface area contributed by atoms with Crippen LogP contribution in [0, 0.1) is 0 Å². The highest BCUT2D eigenvalue weighted by Crippen LogP contribution is 2.32. The van der Waals surface area contributed by atoms with Gasteiger partial charge in [0.15, 0.2) is 11.9 Å². The second kappa shape index (κ2) is 7.26. The first-order chi connectivity index (χ1) is 11.3. The Morgan fingerprint density at radius 2 is 1.83 bits per heavy atom. The van der Waals surface area contributed by atoms with Gasteiger partial charge in [-0.25, -0.2) is 0 Å². The fourth-order valence-electron chi connectivity index (χ4n) is 2.40. The second-order valence-electron chi connectivity index (χ2n) is 5.21. The number of benzene rings is 2. The third-order valence-corrected chi connectivity index (χ3v) is 3.62. The molecule has 1 aliphatic heterocycles. The zero-order valence-corrected chi connectivity index (χ0v) is 13.0. The number of hydrogen-bond donors (Lipinski definition) is 0. The number of ether oxygens (including phenoxy) is 3. The summed E-state index contributed by atoms with van der Waals surface area (Å²) in [6.07, 6.45) is -0.571. The van der Waals surface area contributed by atoms with Gasteiger partial charge in [-0.3, -0.25) is 4.79 Å². The van der Waals surface area contributed by atoms with E-state index < -0.39 is 6.10 Å². The van der Waals surface area contributed by atoms with Crippen LogP contribution in [0.2, 0.25) is 0 Å². The molecule has 5 heteroatoms. The summed E-state index contributed by atoms with van der Waals surface area (Å²) >= 11 is 0. The van der Waals surface area contributed by atoms with Gasteiger partial charge >= 0.3 is 0 Å². The average molecular weight is 313 g/mol. The van der Waals surface area contributed by atoms with Crippen LogP contribution >= 0.6 is 0 Å². The maximum Gasteiger partial charge on any atom is 0.258 e. The van der Waals surface area contributed by atoms with E-state index in [1.807, 2.05) is 54.6 Å². The first-order valence-corrected chi connectivity index (χ1v) is 7.54. The van der Waals surface area contributed by atoms with Gasteiger partial charge in [-0.1, -0.05) is 30.3 Å². The van der Waals surface area contributed by atoms with Crippen molar-refractivity contribution in [2.24, 2.45) is 0 Å². The lowest BCUT2D eigenvalue weighted by atomic mass is 10.2. The van der Waals surface area contributed by atoms with Gasteiger partial charge in [0.2, 0.25) is 0 Å². The van der Waals surface area contributed by atoms with Crippen molar-refractivity contribution in [3.8, 4) is 11.5 Å². The molecule has 0 bridgehead atoms. The molecule has 1 heterocycles. The quantitative estimate of drug-likeness (QED) is 0.871. The van der Waals surface area contributed by atoms with E-state index in [9.17, 15) is 4.79 Å². The lowest BCUT2D eigenvalue weighted by molar-refractivity contribution is -0.144. The number of carbonyl (C=O) groups is 1. The van der Waals surface area contributed by atoms with Crippen LogP contribution in [-0.4, -0.2) is 38.9 Å². The normalized spacial score (nSPS) is 17.5. The molecule has 0 saturated carbocycles. The number of likely N-dealkylation sites (N-methyl/N-ethyl adjacent to an activating group) is 1. The molecule has 1 aliphatic rings. The smallest absolute Gasteiger partial charge is 0.258 e. The van der Waals surface area contributed by atoms with Gasteiger partial charge in [0.1, 0.15) is 5.75 Å². The molecule has 2 aromatic rings. The predicted octanol–water partition coefficient (Wildman–Crippen LogP) is 2.86. The number of anilines is 1. The largest absolute Gasteiger partial charge is 0.455 e. The Balaban J connectivity index is 1.80. The minimum atomic E-state index is -0.571. The molecule has 23 heavy (non-hydrogen) atoms. The highest BCUT2D eigenvalue weighted by atomic mass is 16.6. The number of nitrogens with zero attached hydrogens (tertiary/aromatic N) is 1. The molecule has 1 fully saturated rings. The number of rotatable bonds is 4. The maximum absolute atomic E-state index is 12.6. The fraction of sp³-hybridized carbons (Fsp3) is 0.278. The van der Waals surface area contributed by atoms with E-state index in [0.29, 0.717) is 24.7 Å². The Hall–Kier alpha value is -2.37. The molecule has 3 rings (SSSR count). The molecular weight excluding hydrogens is 294 g/mol. The number of para-hydroxylation sites is 3. The van der Waals surface area contributed by atoms with E-state index in [0.717, 1.165) is 5.75 Å². The van der Waals surface area contributed by atoms with Crippen LogP contribution in [-0.2, 0) is 14.3 Å². The first-order valence-electron chi connectivity index (χ1n) is 7.54. The fourth-order valence-corrected chi connectivity index (χ4v) is 2.40. The SMILES string of the molecule is CN(C(=O)[C@H]1COCCO1)c1ccccc1Oc1ccccc1. The van der Waals surface area contributed by atoms with Gasteiger partial charge in [0.05, 0.1) is 25.5 Å². The van der Waals surface area contributed by atoms with Gasteiger partial charge in [0, 0.05) is 7.05 Å². The summed E-state index contributed by atoms with van der Waals surface area (Å²) in [5.74, 6) is 1.19. The molecule has 1 atom stereocenters. The van der Waals surface area contributed by atoms with Crippen LogP contribution in [0.3, 0.4) is 0 Å². The highest BCUT2D eigenvalue weighted by Gasteiger charge is 2.27. The minimum absolute atomic E-state index is 0.145. The minimum Gasteiger partial charge on any atom is -0.455 e. The van der Waals surface area contributed by atoms with E-state index in [-0.39, 0.29) is 12.5 Å². The third-order valence-electron chi connectivity index (χ3n) is 3.62. The van der Waals surface area contributed by atoms with Crippen molar-refractivity contribution < 1.29 is 19.0 Å². The van der Waals surface area contributed by atoms with E-state index in [4.69, 9.17) is 14.2 Å². The molecule has 0 radical (unpaired) electrons. The number of hydrogen-bond acceptors (Lipinski definition) is 4. The highest BCUT2D eigenvalue weighted by molar-refractivity contribution is 5.97. The summed E-state index contributed by atoms with van der Waals surface area (Å²) in [6.45, 7) is 1.25. The number of amides is 1. The molecule has 1 saturated heterocycles. The van der Waals surface area contributed by atoms with Crippen LogP contribution < -0.4 is 9.64 Å². The van der Waals surface area contributed by atoms with Crippen molar-refractivity contribution in [1.29, 1.82) is 0 Å². The molecule has 5 nitrogen and oxygen atoms in total. The zero-order chi connectivity index (χ0) is 16.1. The summed E-state index contributed by atoms with van der Waals surface area (Å²) < 4.78 is 16.7. The molecule has 0 aliphatic carbocycles. The van der Waals surface area contributed by atoms with Crippen molar-refractivity contribution in [2.75, 3.05) is 31.8 Å². The van der Waals surface area contributed by atoms with Gasteiger partial charge < -0.3 is 19.1 Å². The van der Waals surface area contributed by atoms with E-state index in [1.54, 1.807) is 11.9 Å². The van der Waals surface area contributed by atoms with Crippen LogP contribution in [0.5, 0.6) is 11.5 Å². The Bertz CT molecular complexity index is 653. The molecule has 0 spiro atoms. The Labute approximate surface area is 135 Å². The Morgan fingerprint density at radius 3 is 2.57 bits per heavy atom. The third kappa shape index (κ3) is 3.70. The predicted molar refractivity (Wildman–Crippen MR) is 86.9 cm³/mol. The summed E-state index contributed by atoms with van der Waals surface area (Å²) in [5.41, 5.74) is 0.690. The van der Waals surface area contributed by atoms with E-state index in [2.05, 4.69) is 0 Å². The summed E-state index contributed by atoms with van der Waals surface area (Å²) in [4.78, 5) is 14.1. The topological polar surface area (TPSA) is 48.0 Å². The summed E-state index contributed by atoms with van der Waals surface area (Å²) in [6, 6.07) is 16.9. The lowest BCUT2D eigenvalue weighted by Crippen LogP contribution is -2.43. The molecule has 2 aromatic carbocycles. The Morgan fingerprint density at radius 1 is 1.09 bits per heavy atom.